The zero-order chi connectivity index (χ0) is 20.5. The Morgan fingerprint density at radius 2 is 1.25 bits per heavy atom. The molecular weight excluding hydrogens is 364 g/mol. The fourth-order valence-corrected chi connectivity index (χ4v) is 5.55. The van der Waals surface area contributed by atoms with Gasteiger partial charge in [0.1, 0.15) is 0 Å². The van der Waals surface area contributed by atoms with Gasteiger partial charge in [0.25, 0.3) is 0 Å². The molecule has 0 saturated carbocycles. The minimum Gasteiger partial charge on any atom is -0.218 e. The van der Waals surface area contributed by atoms with Crippen LogP contribution in [0, 0.1) is 34.6 Å². The molecular formula is C25H28O2S. The van der Waals surface area contributed by atoms with Crippen molar-refractivity contribution in [2.75, 3.05) is 0 Å². The van der Waals surface area contributed by atoms with E-state index in [2.05, 4.69) is 32.0 Å². The molecule has 0 N–H and O–H groups in total. The fraction of sp³-hybridized carbons (Fsp3) is 0.280. The molecule has 0 atom stereocenters. The van der Waals surface area contributed by atoms with Crippen LogP contribution in [0.3, 0.4) is 0 Å². The van der Waals surface area contributed by atoms with Crippen molar-refractivity contribution in [3.05, 3.63) is 93.5 Å². The van der Waals surface area contributed by atoms with Gasteiger partial charge < -0.3 is 0 Å². The van der Waals surface area contributed by atoms with E-state index in [-0.39, 0.29) is 0 Å². The molecule has 0 spiro atoms. The summed E-state index contributed by atoms with van der Waals surface area (Å²) >= 11 is 0. The van der Waals surface area contributed by atoms with Gasteiger partial charge in [-0.25, -0.2) is 8.42 Å². The third-order valence-electron chi connectivity index (χ3n) is 5.70. The van der Waals surface area contributed by atoms with Gasteiger partial charge in [-0.1, -0.05) is 48.0 Å². The molecule has 0 aliphatic carbocycles. The Morgan fingerprint density at radius 3 is 1.96 bits per heavy atom. The van der Waals surface area contributed by atoms with Gasteiger partial charge in [0.15, 0.2) is 0 Å². The van der Waals surface area contributed by atoms with Gasteiger partial charge in [-0.15, -0.1) is 0 Å². The first-order valence-corrected chi connectivity index (χ1v) is 11.2. The summed E-state index contributed by atoms with van der Waals surface area (Å²) < 4.78 is 26.7. The fourth-order valence-electron chi connectivity index (χ4n) is 3.69. The highest BCUT2D eigenvalue weighted by atomic mass is 32.2. The molecule has 28 heavy (non-hydrogen) atoms. The highest BCUT2D eigenvalue weighted by molar-refractivity contribution is 7.91. The second-order valence-electron chi connectivity index (χ2n) is 7.67. The number of benzene rings is 3. The number of hydrogen-bond donors (Lipinski definition) is 0. The average molecular weight is 393 g/mol. The predicted molar refractivity (Wildman–Crippen MR) is 116 cm³/mol. The SMILES string of the molecule is Cc1ccc(C)c(CCc2cccc(S(=O)(=O)c3cccc(C)c3C)c2C)c1. The molecule has 0 amide bonds. The van der Waals surface area contributed by atoms with Crippen LogP contribution in [-0.4, -0.2) is 8.42 Å². The minimum absolute atomic E-state index is 0.405. The van der Waals surface area contributed by atoms with E-state index in [0.29, 0.717) is 9.79 Å². The standard InChI is InChI=1S/C25H28O2S/c1-17-12-13-19(3)23(16-17)15-14-22-9-7-11-25(21(22)5)28(26,27)24-10-6-8-18(2)20(24)4/h6-13,16H,14-15H2,1-5H3. The lowest BCUT2D eigenvalue weighted by Gasteiger charge is -2.15. The minimum atomic E-state index is -3.54. The lowest BCUT2D eigenvalue weighted by Crippen LogP contribution is -2.08. The summed E-state index contributed by atoms with van der Waals surface area (Å²) in [6, 6.07) is 17.6. The van der Waals surface area contributed by atoms with E-state index in [1.54, 1.807) is 12.1 Å². The third-order valence-corrected chi connectivity index (χ3v) is 7.74. The Hall–Kier alpha value is -2.39. The number of hydrogen-bond acceptors (Lipinski definition) is 2. The van der Waals surface area contributed by atoms with Crippen molar-refractivity contribution in [1.29, 1.82) is 0 Å². The normalized spacial score (nSPS) is 11.6. The summed E-state index contributed by atoms with van der Waals surface area (Å²) in [6.07, 6.45) is 1.73. The van der Waals surface area contributed by atoms with Gasteiger partial charge in [0.05, 0.1) is 9.79 Å². The van der Waals surface area contributed by atoms with Gasteiger partial charge in [-0.2, -0.15) is 0 Å². The Bertz CT molecular complexity index is 1130. The number of rotatable bonds is 5. The first-order chi connectivity index (χ1) is 13.2. The smallest absolute Gasteiger partial charge is 0.207 e. The lowest BCUT2D eigenvalue weighted by atomic mass is 9.97. The first kappa shape index (κ1) is 20.3. The summed E-state index contributed by atoms with van der Waals surface area (Å²) in [6.45, 7) is 9.98. The molecule has 0 aromatic heterocycles. The van der Waals surface area contributed by atoms with Crippen LogP contribution in [0.4, 0.5) is 0 Å². The zero-order valence-corrected chi connectivity index (χ0v) is 18.2. The van der Waals surface area contributed by atoms with Crippen LogP contribution < -0.4 is 0 Å². The van der Waals surface area contributed by atoms with Crippen molar-refractivity contribution in [2.24, 2.45) is 0 Å². The summed E-state index contributed by atoms with van der Waals surface area (Å²) in [4.78, 5) is 0.821. The van der Waals surface area contributed by atoms with Crippen molar-refractivity contribution < 1.29 is 8.42 Å². The first-order valence-electron chi connectivity index (χ1n) is 9.67. The largest absolute Gasteiger partial charge is 0.218 e. The molecule has 0 radical (unpaired) electrons. The summed E-state index contributed by atoms with van der Waals surface area (Å²) in [5.74, 6) is 0. The van der Waals surface area contributed by atoms with E-state index in [9.17, 15) is 8.42 Å². The zero-order valence-electron chi connectivity index (χ0n) is 17.3. The maximum Gasteiger partial charge on any atom is 0.207 e. The van der Waals surface area contributed by atoms with Crippen molar-refractivity contribution in [3.8, 4) is 0 Å². The van der Waals surface area contributed by atoms with E-state index in [0.717, 1.165) is 35.1 Å². The average Bonchev–Trinajstić information content (AvgIpc) is 2.65. The molecule has 0 heterocycles. The van der Waals surface area contributed by atoms with E-state index in [1.807, 2.05) is 45.0 Å². The van der Waals surface area contributed by atoms with Crippen LogP contribution in [0.15, 0.2) is 64.4 Å². The molecule has 3 rings (SSSR count). The summed E-state index contributed by atoms with van der Waals surface area (Å²) in [5, 5.41) is 0. The van der Waals surface area contributed by atoms with E-state index >= 15 is 0 Å². The Kier molecular flexibility index (Phi) is 5.76. The molecule has 0 fully saturated rings. The van der Waals surface area contributed by atoms with Gasteiger partial charge >= 0.3 is 0 Å². The maximum absolute atomic E-state index is 13.4. The molecule has 2 nitrogen and oxygen atoms in total. The topological polar surface area (TPSA) is 34.1 Å². The third kappa shape index (κ3) is 3.90. The highest BCUT2D eigenvalue weighted by Crippen LogP contribution is 2.29. The van der Waals surface area contributed by atoms with Crippen molar-refractivity contribution >= 4 is 9.84 Å². The van der Waals surface area contributed by atoms with Crippen molar-refractivity contribution in [3.63, 3.8) is 0 Å². The Balaban J connectivity index is 1.97. The lowest BCUT2D eigenvalue weighted by molar-refractivity contribution is 0.594. The van der Waals surface area contributed by atoms with Gasteiger partial charge in [-0.3, -0.25) is 0 Å². The van der Waals surface area contributed by atoms with Crippen LogP contribution in [0.25, 0.3) is 0 Å². The summed E-state index contributed by atoms with van der Waals surface area (Å²) in [5.41, 5.74) is 7.61. The molecule has 0 saturated heterocycles. The van der Waals surface area contributed by atoms with Crippen molar-refractivity contribution in [2.45, 2.75) is 57.3 Å². The molecule has 0 aliphatic rings. The summed E-state index contributed by atoms with van der Waals surface area (Å²) in [7, 11) is -3.54. The molecule has 0 aliphatic heterocycles. The number of aryl methyl sites for hydroxylation is 5. The molecule has 3 aromatic carbocycles. The van der Waals surface area contributed by atoms with Gasteiger partial charge in [-0.05, 0) is 93.0 Å². The van der Waals surface area contributed by atoms with Crippen LogP contribution in [0.1, 0.15) is 38.9 Å². The molecule has 146 valence electrons. The second-order valence-corrected chi connectivity index (χ2v) is 9.56. The van der Waals surface area contributed by atoms with Crippen LogP contribution >= 0.6 is 0 Å². The number of sulfone groups is 1. The highest BCUT2D eigenvalue weighted by Gasteiger charge is 2.23. The van der Waals surface area contributed by atoms with E-state index in [1.165, 1.54) is 16.7 Å². The van der Waals surface area contributed by atoms with E-state index < -0.39 is 9.84 Å². The Labute approximate surface area is 169 Å². The van der Waals surface area contributed by atoms with Gasteiger partial charge in [0.2, 0.25) is 9.84 Å². The van der Waals surface area contributed by atoms with Crippen LogP contribution in [0.5, 0.6) is 0 Å². The second kappa shape index (κ2) is 7.92. The molecule has 3 heteroatoms. The van der Waals surface area contributed by atoms with E-state index in [4.69, 9.17) is 0 Å². The van der Waals surface area contributed by atoms with Gasteiger partial charge in [0, 0.05) is 0 Å². The van der Waals surface area contributed by atoms with Crippen LogP contribution in [0.2, 0.25) is 0 Å². The monoisotopic (exact) mass is 392 g/mol. The quantitative estimate of drug-likeness (QED) is 0.546. The van der Waals surface area contributed by atoms with Crippen LogP contribution in [-0.2, 0) is 22.7 Å². The predicted octanol–water partition coefficient (Wildman–Crippen LogP) is 5.85. The molecule has 3 aromatic rings. The maximum atomic E-state index is 13.4. The molecule has 0 bridgehead atoms. The van der Waals surface area contributed by atoms with Crippen molar-refractivity contribution in [1.82, 2.24) is 0 Å². The Morgan fingerprint density at radius 1 is 0.643 bits per heavy atom. The molecule has 0 unspecified atom stereocenters.